The fourth-order valence-corrected chi connectivity index (χ4v) is 2.74. The molecular formula is C13H11Br2FN2. The predicted octanol–water partition coefficient (Wildman–Crippen LogP) is 4.47. The third kappa shape index (κ3) is 2.78. The highest BCUT2D eigenvalue weighted by Gasteiger charge is 2.27. The lowest BCUT2D eigenvalue weighted by Gasteiger charge is -2.23. The molecular weight excluding hydrogens is 363 g/mol. The normalized spacial score (nSPS) is 11.6. The summed E-state index contributed by atoms with van der Waals surface area (Å²) in [6, 6.07) is 8.19. The molecule has 0 spiro atoms. The van der Waals surface area contributed by atoms with E-state index in [1.54, 1.807) is 18.2 Å². The minimum atomic E-state index is -0.389. The van der Waals surface area contributed by atoms with Gasteiger partial charge in [0.15, 0.2) is 0 Å². The molecule has 2 nitrogen and oxygen atoms in total. The van der Waals surface area contributed by atoms with Gasteiger partial charge in [0, 0.05) is 11.5 Å². The molecule has 0 N–H and O–H groups in total. The summed E-state index contributed by atoms with van der Waals surface area (Å²) in [4.78, 5) is 8.77. The second kappa shape index (κ2) is 5.05. The molecule has 0 bridgehead atoms. The largest absolute Gasteiger partial charge is 0.225 e. The Morgan fingerprint density at radius 3 is 2.00 bits per heavy atom. The summed E-state index contributed by atoms with van der Waals surface area (Å²) in [6.07, 6.45) is 0. The SMILES string of the molecule is CC(C)(c1ccc(F)cc1)c1nc(Br)cc(Br)n1. The molecule has 94 valence electrons. The van der Waals surface area contributed by atoms with E-state index in [0.717, 1.165) is 14.8 Å². The van der Waals surface area contributed by atoms with Crippen molar-refractivity contribution in [2.24, 2.45) is 0 Å². The summed E-state index contributed by atoms with van der Waals surface area (Å²) in [5, 5.41) is 0. The van der Waals surface area contributed by atoms with Gasteiger partial charge in [-0.15, -0.1) is 0 Å². The maximum absolute atomic E-state index is 13.0. The van der Waals surface area contributed by atoms with Crippen molar-refractivity contribution < 1.29 is 4.39 Å². The molecule has 0 unspecified atom stereocenters. The molecule has 0 amide bonds. The van der Waals surface area contributed by atoms with E-state index < -0.39 is 0 Å². The Morgan fingerprint density at radius 1 is 1.00 bits per heavy atom. The fourth-order valence-electron chi connectivity index (χ4n) is 1.67. The van der Waals surface area contributed by atoms with E-state index in [-0.39, 0.29) is 11.2 Å². The monoisotopic (exact) mass is 372 g/mol. The molecule has 0 saturated carbocycles. The van der Waals surface area contributed by atoms with E-state index in [2.05, 4.69) is 41.8 Å². The van der Waals surface area contributed by atoms with Crippen molar-refractivity contribution in [3.05, 3.63) is 56.7 Å². The zero-order valence-electron chi connectivity index (χ0n) is 9.92. The Labute approximate surface area is 122 Å². The lowest BCUT2D eigenvalue weighted by molar-refractivity contribution is 0.579. The summed E-state index contributed by atoms with van der Waals surface area (Å²) >= 11 is 6.70. The van der Waals surface area contributed by atoms with Crippen LogP contribution >= 0.6 is 31.9 Å². The quantitative estimate of drug-likeness (QED) is 0.726. The Balaban J connectivity index is 2.49. The fraction of sp³-hybridized carbons (Fsp3) is 0.231. The average Bonchev–Trinajstić information content (AvgIpc) is 2.28. The summed E-state index contributed by atoms with van der Waals surface area (Å²) in [7, 11) is 0. The van der Waals surface area contributed by atoms with Gasteiger partial charge in [-0.1, -0.05) is 12.1 Å². The van der Waals surface area contributed by atoms with Crippen LogP contribution in [0.25, 0.3) is 0 Å². The third-order valence-electron chi connectivity index (χ3n) is 2.79. The van der Waals surface area contributed by atoms with Crippen LogP contribution in [-0.2, 0) is 5.41 Å². The molecule has 0 atom stereocenters. The Bertz CT molecular complexity index is 547. The molecule has 0 fully saturated rings. The predicted molar refractivity (Wildman–Crippen MR) is 76.0 cm³/mol. The van der Waals surface area contributed by atoms with E-state index in [1.165, 1.54) is 12.1 Å². The minimum absolute atomic E-state index is 0.245. The zero-order valence-corrected chi connectivity index (χ0v) is 13.1. The third-order valence-corrected chi connectivity index (χ3v) is 3.60. The maximum atomic E-state index is 13.0. The highest BCUT2D eigenvalue weighted by molar-refractivity contribution is 9.11. The molecule has 0 saturated heterocycles. The van der Waals surface area contributed by atoms with Crippen LogP contribution in [0.4, 0.5) is 4.39 Å². The smallest absolute Gasteiger partial charge is 0.140 e. The van der Waals surface area contributed by atoms with Crippen molar-refractivity contribution in [3.63, 3.8) is 0 Å². The first-order valence-corrected chi connectivity index (χ1v) is 6.95. The van der Waals surface area contributed by atoms with Gasteiger partial charge in [0.2, 0.25) is 0 Å². The number of benzene rings is 1. The van der Waals surface area contributed by atoms with Crippen LogP contribution in [0.1, 0.15) is 25.2 Å². The Hall–Kier alpha value is -0.810. The summed E-state index contributed by atoms with van der Waals surface area (Å²) < 4.78 is 14.4. The van der Waals surface area contributed by atoms with Gasteiger partial charge in [-0.25, -0.2) is 14.4 Å². The average molecular weight is 374 g/mol. The van der Waals surface area contributed by atoms with Crippen molar-refractivity contribution in [2.45, 2.75) is 19.3 Å². The van der Waals surface area contributed by atoms with Crippen LogP contribution in [-0.4, -0.2) is 9.97 Å². The molecule has 18 heavy (non-hydrogen) atoms. The molecule has 2 aromatic rings. The van der Waals surface area contributed by atoms with Gasteiger partial charge < -0.3 is 0 Å². The van der Waals surface area contributed by atoms with Gasteiger partial charge >= 0.3 is 0 Å². The first-order valence-electron chi connectivity index (χ1n) is 5.36. The second-order valence-electron chi connectivity index (χ2n) is 4.47. The zero-order chi connectivity index (χ0) is 13.3. The first-order chi connectivity index (χ1) is 8.39. The molecule has 0 aliphatic carbocycles. The minimum Gasteiger partial charge on any atom is -0.225 e. The van der Waals surface area contributed by atoms with Crippen molar-refractivity contribution in [2.75, 3.05) is 0 Å². The van der Waals surface area contributed by atoms with Gasteiger partial charge in [-0.05, 0) is 63.4 Å². The van der Waals surface area contributed by atoms with Gasteiger partial charge in [-0.2, -0.15) is 0 Å². The molecule has 0 aliphatic heterocycles. The van der Waals surface area contributed by atoms with Crippen molar-refractivity contribution in [1.29, 1.82) is 0 Å². The van der Waals surface area contributed by atoms with Crippen LogP contribution in [0.2, 0.25) is 0 Å². The molecule has 0 radical (unpaired) electrons. The van der Waals surface area contributed by atoms with E-state index in [0.29, 0.717) is 5.82 Å². The van der Waals surface area contributed by atoms with Gasteiger partial charge in [0.05, 0.1) is 0 Å². The number of rotatable bonds is 2. The van der Waals surface area contributed by atoms with Gasteiger partial charge in [0.1, 0.15) is 20.8 Å². The highest BCUT2D eigenvalue weighted by Crippen LogP contribution is 2.30. The number of hydrogen-bond donors (Lipinski definition) is 0. The van der Waals surface area contributed by atoms with E-state index >= 15 is 0 Å². The van der Waals surface area contributed by atoms with Crippen LogP contribution in [0.3, 0.4) is 0 Å². The molecule has 1 aromatic heterocycles. The Morgan fingerprint density at radius 2 is 1.50 bits per heavy atom. The molecule has 1 heterocycles. The number of hydrogen-bond acceptors (Lipinski definition) is 2. The second-order valence-corrected chi connectivity index (χ2v) is 6.09. The van der Waals surface area contributed by atoms with Crippen molar-refractivity contribution in [1.82, 2.24) is 9.97 Å². The van der Waals surface area contributed by atoms with Crippen LogP contribution in [0, 0.1) is 5.82 Å². The molecule has 1 aromatic carbocycles. The standard InChI is InChI=1S/C13H11Br2FN2/c1-13(2,8-3-5-9(16)6-4-8)12-17-10(14)7-11(15)18-12/h3-7H,1-2H3. The van der Waals surface area contributed by atoms with Crippen molar-refractivity contribution in [3.8, 4) is 0 Å². The Kier molecular flexibility index (Phi) is 3.82. The van der Waals surface area contributed by atoms with Crippen molar-refractivity contribution >= 4 is 31.9 Å². The summed E-state index contributed by atoms with van der Waals surface area (Å²) in [5.41, 5.74) is 0.578. The van der Waals surface area contributed by atoms with Gasteiger partial charge in [0.25, 0.3) is 0 Å². The van der Waals surface area contributed by atoms with E-state index in [9.17, 15) is 4.39 Å². The number of halogens is 3. The molecule has 0 aliphatic rings. The summed E-state index contributed by atoms with van der Waals surface area (Å²) in [6.45, 7) is 4.02. The van der Waals surface area contributed by atoms with Gasteiger partial charge in [-0.3, -0.25) is 0 Å². The first kappa shape index (κ1) is 13.6. The summed E-state index contributed by atoms with van der Waals surface area (Å²) in [5.74, 6) is 0.432. The number of nitrogens with zero attached hydrogens (tertiary/aromatic N) is 2. The van der Waals surface area contributed by atoms with Crippen LogP contribution < -0.4 is 0 Å². The maximum Gasteiger partial charge on any atom is 0.140 e. The molecule has 5 heteroatoms. The lowest BCUT2D eigenvalue weighted by atomic mass is 9.84. The van der Waals surface area contributed by atoms with E-state index in [1.807, 2.05) is 13.8 Å². The number of aromatic nitrogens is 2. The van der Waals surface area contributed by atoms with E-state index in [4.69, 9.17) is 0 Å². The highest BCUT2D eigenvalue weighted by atomic mass is 79.9. The lowest BCUT2D eigenvalue weighted by Crippen LogP contribution is -2.22. The van der Waals surface area contributed by atoms with Crippen LogP contribution in [0.5, 0.6) is 0 Å². The topological polar surface area (TPSA) is 25.8 Å². The molecule has 2 rings (SSSR count). The van der Waals surface area contributed by atoms with Crippen LogP contribution in [0.15, 0.2) is 39.5 Å².